The van der Waals surface area contributed by atoms with Gasteiger partial charge in [-0.15, -0.1) is 11.3 Å². The number of benzene rings is 2. The average Bonchev–Trinajstić information content (AvgIpc) is 3.37. The Bertz CT molecular complexity index is 1110. The van der Waals surface area contributed by atoms with Crippen LogP contribution in [0.5, 0.6) is 23.0 Å². The molecule has 0 saturated carbocycles. The van der Waals surface area contributed by atoms with Crippen LogP contribution in [0.15, 0.2) is 39.9 Å². The Labute approximate surface area is 192 Å². The number of hydrogen-bond donors (Lipinski definition) is 0. The zero-order chi connectivity index (χ0) is 21.3. The van der Waals surface area contributed by atoms with Crippen molar-refractivity contribution in [2.75, 3.05) is 34.7 Å². The predicted molar refractivity (Wildman–Crippen MR) is 131 cm³/mol. The van der Waals surface area contributed by atoms with Crippen molar-refractivity contribution in [1.82, 2.24) is 0 Å². The van der Waals surface area contributed by atoms with E-state index in [1.54, 1.807) is 51.5 Å². The highest BCUT2D eigenvalue weighted by Gasteiger charge is 2.29. The lowest BCUT2D eigenvalue weighted by molar-refractivity contribution is 0.395. The van der Waals surface area contributed by atoms with Crippen LogP contribution in [0, 0.1) is 0 Å². The monoisotopic (exact) mass is 477 g/mol. The molecular weight excluding hydrogens is 457 g/mol. The molecule has 8 heteroatoms. The van der Waals surface area contributed by atoms with Crippen LogP contribution in [-0.2, 0) is 0 Å². The summed E-state index contributed by atoms with van der Waals surface area (Å²) >= 11 is 7.19. The molecule has 0 saturated heterocycles. The maximum Gasteiger partial charge on any atom is 0.313 e. The fourth-order valence-corrected chi connectivity index (χ4v) is 8.18. The van der Waals surface area contributed by atoms with E-state index in [-0.39, 0.29) is 0 Å². The van der Waals surface area contributed by atoms with Gasteiger partial charge < -0.3 is 18.9 Å². The maximum absolute atomic E-state index is 5.70. The summed E-state index contributed by atoms with van der Waals surface area (Å²) in [6.45, 7) is 0. The number of ether oxygens (including phenoxy) is 4. The van der Waals surface area contributed by atoms with E-state index in [9.17, 15) is 0 Å². The van der Waals surface area contributed by atoms with E-state index in [0.717, 1.165) is 34.1 Å². The molecule has 2 aromatic carbocycles. The summed E-state index contributed by atoms with van der Waals surface area (Å²) in [5, 5.41) is 0. The van der Waals surface area contributed by atoms with Crippen molar-refractivity contribution in [3.63, 3.8) is 0 Å². The van der Waals surface area contributed by atoms with Crippen LogP contribution in [0.3, 0.4) is 0 Å². The van der Waals surface area contributed by atoms with E-state index in [1.807, 2.05) is 46.9 Å². The number of thioether (sulfide) groups is 1. The van der Waals surface area contributed by atoms with Gasteiger partial charge in [-0.2, -0.15) is 0 Å². The molecule has 0 fully saturated rings. The Morgan fingerprint density at radius 1 is 0.733 bits per heavy atom. The quantitative estimate of drug-likeness (QED) is 0.205. The van der Waals surface area contributed by atoms with Crippen molar-refractivity contribution in [1.29, 1.82) is 0 Å². The summed E-state index contributed by atoms with van der Waals surface area (Å²) in [4.78, 5) is 2.39. The standard InChI is InChI=1S/C22H21O4S4/c1-23-12-6-8-14(16(10-12)25-3)18-20-21(30-22(27-5)29-20)19(28-18)15-9-7-13(24-2)11-17(15)26-4/h6-11H,1-5H3/q+1. The second-order valence-corrected chi connectivity index (χ2v) is 10.9. The molecule has 0 aliphatic carbocycles. The summed E-state index contributed by atoms with van der Waals surface area (Å²) in [7, 11) is 6.72. The molecule has 4 rings (SSSR count). The van der Waals surface area contributed by atoms with Gasteiger partial charge in [0.05, 0.1) is 38.2 Å². The third-order valence-corrected chi connectivity index (χ3v) is 10.2. The van der Waals surface area contributed by atoms with Gasteiger partial charge in [0, 0.05) is 23.3 Å². The molecule has 0 aliphatic heterocycles. The van der Waals surface area contributed by atoms with Crippen molar-refractivity contribution in [2.45, 2.75) is 3.52 Å². The van der Waals surface area contributed by atoms with Gasteiger partial charge in [0.2, 0.25) is 0 Å². The fourth-order valence-electron chi connectivity index (χ4n) is 3.18. The fraction of sp³-hybridized carbons (Fsp3) is 0.227. The third-order valence-electron chi connectivity index (χ3n) is 4.67. The molecule has 0 aliphatic rings. The first-order valence-corrected chi connectivity index (χ1v) is 12.7. The highest BCUT2D eigenvalue weighted by atomic mass is 32.2. The zero-order valence-electron chi connectivity index (χ0n) is 17.2. The molecule has 4 nitrogen and oxygen atoms in total. The Morgan fingerprint density at radius 2 is 1.30 bits per heavy atom. The smallest absolute Gasteiger partial charge is 0.313 e. The molecular formula is C22H21O4S4+. The van der Waals surface area contributed by atoms with Gasteiger partial charge in [0.15, 0.2) is 9.40 Å². The molecule has 156 valence electrons. The molecule has 4 aromatic rings. The first-order chi connectivity index (χ1) is 14.6. The lowest BCUT2D eigenvalue weighted by atomic mass is 10.1. The van der Waals surface area contributed by atoms with Gasteiger partial charge in [0.1, 0.15) is 45.7 Å². The molecule has 0 bridgehead atoms. The Kier molecular flexibility index (Phi) is 6.38. The van der Waals surface area contributed by atoms with Crippen LogP contribution >= 0.6 is 45.8 Å². The number of thiophene rings is 1. The number of hydrogen-bond acceptors (Lipinski definition) is 7. The molecule has 2 aromatic heterocycles. The predicted octanol–water partition coefficient (Wildman–Crippen LogP) is 7.40. The molecule has 0 unspecified atom stereocenters. The summed E-state index contributed by atoms with van der Waals surface area (Å²) in [6, 6.07) is 12.0. The van der Waals surface area contributed by atoms with Crippen molar-refractivity contribution in [3.05, 3.63) is 36.4 Å². The van der Waals surface area contributed by atoms with Crippen LogP contribution in [0.1, 0.15) is 0 Å². The minimum Gasteiger partial charge on any atom is -0.497 e. The highest BCUT2D eigenvalue weighted by Crippen LogP contribution is 2.54. The van der Waals surface area contributed by atoms with E-state index in [4.69, 9.17) is 18.9 Å². The van der Waals surface area contributed by atoms with Gasteiger partial charge in [0.25, 0.3) is 0 Å². The lowest BCUT2D eigenvalue weighted by Gasteiger charge is -2.09. The lowest BCUT2D eigenvalue weighted by Crippen LogP contribution is -1.89. The molecule has 0 amide bonds. The highest BCUT2D eigenvalue weighted by molar-refractivity contribution is 8.03. The average molecular weight is 478 g/mol. The normalized spacial score (nSPS) is 11.0. The van der Waals surface area contributed by atoms with Gasteiger partial charge in [-0.25, -0.2) is 0 Å². The number of fused-ring (bicyclic) bond motifs is 1. The third kappa shape index (κ3) is 3.73. The Balaban J connectivity index is 1.98. The summed E-state index contributed by atoms with van der Waals surface area (Å²) in [5.74, 6) is 3.16. The van der Waals surface area contributed by atoms with Crippen LogP contribution in [-0.4, -0.2) is 34.7 Å². The minimum atomic E-state index is 0.777. The summed E-state index contributed by atoms with van der Waals surface area (Å²) < 4.78 is 26.0. The Hall–Kier alpha value is -2.00. The van der Waals surface area contributed by atoms with E-state index >= 15 is 0 Å². The van der Waals surface area contributed by atoms with Crippen molar-refractivity contribution < 1.29 is 18.9 Å². The van der Waals surface area contributed by atoms with Crippen molar-refractivity contribution >= 4 is 55.2 Å². The van der Waals surface area contributed by atoms with Crippen LogP contribution in [0.4, 0.5) is 0 Å². The maximum atomic E-state index is 5.70. The SMILES string of the molecule is COc1ccc(-c2sc(-c3ccc(OC)cc3OC)c3[s+]c(SC)sc23)c(OC)c1. The number of rotatable bonds is 7. The van der Waals surface area contributed by atoms with E-state index in [0.29, 0.717) is 0 Å². The molecule has 0 N–H and O–H groups in total. The van der Waals surface area contributed by atoms with Gasteiger partial charge >= 0.3 is 3.52 Å². The van der Waals surface area contributed by atoms with Gasteiger partial charge in [-0.1, -0.05) is 11.8 Å². The number of methoxy groups -OCH3 is 4. The van der Waals surface area contributed by atoms with Crippen molar-refractivity contribution in [2.24, 2.45) is 0 Å². The van der Waals surface area contributed by atoms with Crippen LogP contribution < -0.4 is 18.9 Å². The summed E-state index contributed by atoms with van der Waals surface area (Å²) in [6.07, 6.45) is 2.12. The van der Waals surface area contributed by atoms with E-state index < -0.39 is 0 Å². The van der Waals surface area contributed by atoms with Gasteiger partial charge in [-0.3, -0.25) is 0 Å². The molecule has 30 heavy (non-hydrogen) atoms. The van der Waals surface area contributed by atoms with Crippen LogP contribution in [0.2, 0.25) is 0 Å². The zero-order valence-corrected chi connectivity index (χ0v) is 20.5. The largest absolute Gasteiger partial charge is 0.497 e. The Morgan fingerprint density at radius 3 is 1.80 bits per heavy atom. The first kappa shape index (κ1) is 21.2. The second-order valence-electron chi connectivity index (χ2n) is 6.21. The second kappa shape index (κ2) is 9.01. The first-order valence-electron chi connectivity index (χ1n) is 9.01. The van der Waals surface area contributed by atoms with Crippen molar-refractivity contribution in [3.8, 4) is 43.9 Å². The molecule has 2 heterocycles. The minimum absolute atomic E-state index is 0.777. The van der Waals surface area contributed by atoms with E-state index in [2.05, 4.69) is 18.4 Å². The topological polar surface area (TPSA) is 36.9 Å². The van der Waals surface area contributed by atoms with Gasteiger partial charge in [-0.05, 0) is 30.5 Å². The molecule has 0 radical (unpaired) electrons. The summed E-state index contributed by atoms with van der Waals surface area (Å²) in [5.41, 5.74) is 2.13. The molecule has 0 atom stereocenters. The van der Waals surface area contributed by atoms with E-state index in [1.165, 1.54) is 22.7 Å². The van der Waals surface area contributed by atoms with Crippen LogP contribution in [0.25, 0.3) is 30.3 Å². The molecule has 0 spiro atoms.